The second kappa shape index (κ2) is 7.47. The zero-order valence-electron chi connectivity index (χ0n) is 16.6. The van der Waals surface area contributed by atoms with Crippen molar-refractivity contribution in [1.29, 1.82) is 0 Å². The summed E-state index contributed by atoms with van der Waals surface area (Å²) in [5.74, 6) is -0.479. The third-order valence-electron chi connectivity index (χ3n) is 6.28. The van der Waals surface area contributed by atoms with Gasteiger partial charge in [-0.05, 0) is 38.3 Å². The van der Waals surface area contributed by atoms with Gasteiger partial charge in [0.15, 0.2) is 0 Å². The molecule has 2 fully saturated rings. The number of urea groups is 1. The van der Waals surface area contributed by atoms with Gasteiger partial charge in [-0.1, -0.05) is 35.5 Å². The first kappa shape index (κ1) is 19.4. The number of aromatic nitrogens is 3. The fraction of sp³-hybridized carbons (Fsp3) is 0.500. The predicted molar refractivity (Wildman–Crippen MR) is 107 cm³/mol. The van der Waals surface area contributed by atoms with Crippen LogP contribution in [-0.2, 0) is 23.4 Å². The number of nitrogens with two attached hydrogens (primary N) is 1. The molecule has 0 unspecified atom stereocenters. The molecule has 1 spiro atoms. The minimum absolute atomic E-state index is 0.0191. The fourth-order valence-corrected chi connectivity index (χ4v) is 4.63. The maximum atomic E-state index is 12.6. The van der Waals surface area contributed by atoms with Crippen molar-refractivity contribution in [3.8, 4) is 0 Å². The summed E-state index contributed by atoms with van der Waals surface area (Å²) < 4.78 is 1.39. The van der Waals surface area contributed by atoms with E-state index in [9.17, 15) is 9.59 Å². The van der Waals surface area contributed by atoms with E-state index in [0.717, 1.165) is 25.7 Å². The summed E-state index contributed by atoms with van der Waals surface area (Å²) >= 11 is 0. The molecule has 4 rings (SSSR count). The van der Waals surface area contributed by atoms with E-state index in [2.05, 4.69) is 45.2 Å². The molecule has 3 amide bonds. The zero-order chi connectivity index (χ0) is 20.5. The van der Waals surface area contributed by atoms with Crippen LogP contribution in [0.25, 0.3) is 0 Å². The Balaban J connectivity index is 1.42. The van der Waals surface area contributed by atoms with Crippen LogP contribution in [0, 0.1) is 0 Å². The standard InChI is InChI=1S/C20H27N7O2/c1-22-20(15-5-3-2-4-6-15)9-7-19(8-10-20)14-26(18(29)23-19)11-16-12-27(25-24-16)13-17(21)28/h2-6,12,22H,7-11,13-14H2,1H3,(H2,21,28)(H,23,29)/t19-,20-. The van der Waals surface area contributed by atoms with Crippen LogP contribution in [0.1, 0.15) is 36.9 Å². The minimum Gasteiger partial charge on any atom is -0.368 e. The Morgan fingerprint density at radius 3 is 2.62 bits per heavy atom. The number of primary amides is 1. The fourth-order valence-electron chi connectivity index (χ4n) is 4.63. The van der Waals surface area contributed by atoms with Gasteiger partial charge in [0.25, 0.3) is 0 Å². The third kappa shape index (κ3) is 3.82. The van der Waals surface area contributed by atoms with E-state index in [4.69, 9.17) is 5.73 Å². The van der Waals surface area contributed by atoms with Gasteiger partial charge >= 0.3 is 6.03 Å². The van der Waals surface area contributed by atoms with Gasteiger partial charge in [0, 0.05) is 12.1 Å². The predicted octanol–water partition coefficient (Wildman–Crippen LogP) is 0.716. The van der Waals surface area contributed by atoms with Crippen LogP contribution in [0.3, 0.4) is 0 Å². The lowest BCUT2D eigenvalue weighted by Gasteiger charge is -2.45. The number of rotatable bonds is 6. The Hall–Kier alpha value is -2.94. The van der Waals surface area contributed by atoms with Crippen LogP contribution in [-0.4, -0.2) is 51.0 Å². The van der Waals surface area contributed by atoms with Crippen molar-refractivity contribution < 1.29 is 9.59 Å². The van der Waals surface area contributed by atoms with Gasteiger partial charge in [0.1, 0.15) is 12.2 Å². The molecule has 2 aliphatic rings. The van der Waals surface area contributed by atoms with Crippen molar-refractivity contribution in [3.05, 3.63) is 47.8 Å². The van der Waals surface area contributed by atoms with E-state index >= 15 is 0 Å². The molecule has 0 radical (unpaired) electrons. The molecule has 1 aliphatic heterocycles. The maximum Gasteiger partial charge on any atom is 0.318 e. The minimum atomic E-state index is -0.479. The number of nitrogens with one attached hydrogen (secondary N) is 2. The van der Waals surface area contributed by atoms with Crippen molar-refractivity contribution in [3.63, 3.8) is 0 Å². The summed E-state index contributed by atoms with van der Waals surface area (Å²) in [4.78, 5) is 25.4. The van der Waals surface area contributed by atoms with Crippen LogP contribution in [0.5, 0.6) is 0 Å². The van der Waals surface area contributed by atoms with E-state index in [1.54, 1.807) is 11.1 Å². The normalized spacial score (nSPS) is 26.7. The molecule has 1 aromatic heterocycles. The highest BCUT2D eigenvalue weighted by Gasteiger charge is 2.48. The summed E-state index contributed by atoms with van der Waals surface area (Å²) in [5.41, 5.74) is 6.85. The third-order valence-corrected chi connectivity index (χ3v) is 6.28. The molecule has 0 atom stereocenters. The average Bonchev–Trinajstić information content (AvgIpc) is 3.27. The lowest BCUT2D eigenvalue weighted by molar-refractivity contribution is -0.118. The largest absolute Gasteiger partial charge is 0.368 e. The first-order chi connectivity index (χ1) is 13.9. The molecule has 154 valence electrons. The first-order valence-corrected chi connectivity index (χ1v) is 9.93. The molecule has 1 aliphatic carbocycles. The summed E-state index contributed by atoms with van der Waals surface area (Å²) in [7, 11) is 2.01. The maximum absolute atomic E-state index is 12.6. The number of benzene rings is 1. The van der Waals surface area contributed by atoms with Gasteiger partial charge < -0.3 is 21.3 Å². The van der Waals surface area contributed by atoms with Crippen LogP contribution in [0.2, 0.25) is 0 Å². The lowest BCUT2D eigenvalue weighted by atomic mass is 9.69. The van der Waals surface area contributed by atoms with Crippen molar-refractivity contribution in [1.82, 2.24) is 30.5 Å². The van der Waals surface area contributed by atoms with Crippen molar-refractivity contribution in [2.75, 3.05) is 13.6 Å². The molecule has 1 aromatic carbocycles. The van der Waals surface area contributed by atoms with E-state index < -0.39 is 5.91 Å². The Bertz CT molecular complexity index is 887. The molecule has 4 N–H and O–H groups in total. The molecule has 2 aromatic rings. The monoisotopic (exact) mass is 397 g/mol. The number of carbonyl (C=O) groups excluding carboxylic acids is 2. The molecule has 1 saturated carbocycles. The van der Waals surface area contributed by atoms with Crippen LogP contribution >= 0.6 is 0 Å². The molecule has 2 heterocycles. The summed E-state index contributed by atoms with van der Waals surface area (Å²) in [6.07, 6.45) is 5.37. The molecule has 9 heteroatoms. The van der Waals surface area contributed by atoms with E-state index in [1.807, 2.05) is 13.1 Å². The van der Waals surface area contributed by atoms with Crippen LogP contribution in [0.15, 0.2) is 36.5 Å². The summed E-state index contributed by atoms with van der Waals surface area (Å²) in [6, 6.07) is 10.4. The van der Waals surface area contributed by atoms with Gasteiger partial charge in [0.2, 0.25) is 5.91 Å². The highest BCUT2D eigenvalue weighted by Crippen LogP contribution is 2.43. The molecular weight excluding hydrogens is 370 g/mol. The highest BCUT2D eigenvalue weighted by atomic mass is 16.2. The molecular formula is C20H27N7O2. The zero-order valence-corrected chi connectivity index (χ0v) is 16.6. The molecule has 0 bridgehead atoms. The topological polar surface area (TPSA) is 118 Å². The van der Waals surface area contributed by atoms with Gasteiger partial charge in [0.05, 0.1) is 18.3 Å². The second-order valence-corrected chi connectivity index (χ2v) is 8.14. The van der Waals surface area contributed by atoms with E-state index in [0.29, 0.717) is 18.8 Å². The summed E-state index contributed by atoms with van der Waals surface area (Å²) in [6.45, 7) is 0.986. The van der Waals surface area contributed by atoms with Gasteiger partial charge in [-0.2, -0.15) is 0 Å². The smallest absolute Gasteiger partial charge is 0.318 e. The van der Waals surface area contributed by atoms with Crippen molar-refractivity contribution in [2.45, 2.75) is 49.9 Å². The van der Waals surface area contributed by atoms with Crippen molar-refractivity contribution >= 4 is 11.9 Å². The van der Waals surface area contributed by atoms with Gasteiger partial charge in [-0.15, -0.1) is 5.10 Å². The summed E-state index contributed by atoms with van der Waals surface area (Å²) in [5, 5.41) is 14.7. The average molecular weight is 397 g/mol. The van der Waals surface area contributed by atoms with Crippen molar-refractivity contribution in [2.24, 2.45) is 5.73 Å². The molecule has 29 heavy (non-hydrogen) atoms. The quantitative estimate of drug-likeness (QED) is 0.664. The Labute approximate surface area is 169 Å². The second-order valence-electron chi connectivity index (χ2n) is 8.14. The number of hydrogen-bond donors (Lipinski definition) is 3. The Morgan fingerprint density at radius 1 is 1.24 bits per heavy atom. The molecule has 9 nitrogen and oxygen atoms in total. The number of hydrogen-bond acceptors (Lipinski definition) is 5. The van der Waals surface area contributed by atoms with E-state index in [-0.39, 0.29) is 23.7 Å². The Kier molecular flexibility index (Phi) is 4.99. The van der Waals surface area contributed by atoms with Crippen LogP contribution in [0.4, 0.5) is 4.79 Å². The van der Waals surface area contributed by atoms with E-state index in [1.165, 1.54) is 10.2 Å². The number of amides is 3. The SMILES string of the molecule is CN[C@]1(c2ccccc2)CC[C@@]2(CC1)CN(Cc1cn(CC(N)=O)nn1)C(=O)N2. The highest BCUT2D eigenvalue weighted by molar-refractivity contribution is 5.78. The number of carbonyl (C=O) groups is 2. The first-order valence-electron chi connectivity index (χ1n) is 9.93. The molecule has 1 saturated heterocycles. The number of nitrogens with zero attached hydrogens (tertiary/aromatic N) is 4. The Morgan fingerprint density at radius 2 is 1.97 bits per heavy atom. The van der Waals surface area contributed by atoms with Gasteiger partial charge in [-0.3, -0.25) is 4.79 Å². The van der Waals surface area contributed by atoms with Gasteiger partial charge in [-0.25, -0.2) is 9.48 Å². The lowest BCUT2D eigenvalue weighted by Crippen LogP contribution is -2.53. The van der Waals surface area contributed by atoms with Crippen LogP contribution < -0.4 is 16.4 Å².